The van der Waals surface area contributed by atoms with E-state index in [0.717, 1.165) is 11.3 Å². The number of aryl methyl sites for hydroxylation is 1. The third-order valence-corrected chi connectivity index (χ3v) is 3.89. The van der Waals surface area contributed by atoms with Crippen molar-refractivity contribution in [3.05, 3.63) is 48.3 Å². The third kappa shape index (κ3) is 4.18. The van der Waals surface area contributed by atoms with E-state index in [0.29, 0.717) is 12.8 Å². The standard InChI is InChI=1S/C17H21N3O3/c1-3-17(2,16(22)23)19-15(21)10-9-13-11-18-20(12-13)14-7-5-4-6-8-14/h4-8,11-12H,3,9-10H2,1-2H3,(H,19,21)(H,22,23). The van der Waals surface area contributed by atoms with Gasteiger partial charge in [0, 0.05) is 12.6 Å². The van der Waals surface area contributed by atoms with Crippen molar-refractivity contribution in [3.63, 3.8) is 0 Å². The summed E-state index contributed by atoms with van der Waals surface area (Å²) in [7, 11) is 0. The molecule has 0 bridgehead atoms. The highest BCUT2D eigenvalue weighted by Gasteiger charge is 2.32. The molecule has 0 spiro atoms. The van der Waals surface area contributed by atoms with Gasteiger partial charge in [0.15, 0.2) is 0 Å². The lowest BCUT2D eigenvalue weighted by atomic mass is 9.99. The normalized spacial score (nSPS) is 13.3. The highest BCUT2D eigenvalue weighted by Crippen LogP contribution is 2.12. The fourth-order valence-corrected chi connectivity index (χ4v) is 2.13. The number of aromatic nitrogens is 2. The van der Waals surface area contributed by atoms with Gasteiger partial charge in [0.2, 0.25) is 5.91 Å². The summed E-state index contributed by atoms with van der Waals surface area (Å²) < 4.78 is 1.75. The molecular formula is C17H21N3O3. The van der Waals surface area contributed by atoms with E-state index >= 15 is 0 Å². The van der Waals surface area contributed by atoms with Gasteiger partial charge >= 0.3 is 5.97 Å². The van der Waals surface area contributed by atoms with Crippen LogP contribution in [0.5, 0.6) is 0 Å². The van der Waals surface area contributed by atoms with E-state index in [1.807, 2.05) is 36.5 Å². The predicted molar refractivity (Wildman–Crippen MR) is 86.4 cm³/mol. The van der Waals surface area contributed by atoms with Crippen LogP contribution in [-0.4, -0.2) is 32.3 Å². The number of hydrogen-bond donors (Lipinski definition) is 2. The molecule has 0 saturated carbocycles. The lowest BCUT2D eigenvalue weighted by Crippen LogP contribution is -2.51. The van der Waals surface area contributed by atoms with Crippen molar-refractivity contribution < 1.29 is 14.7 Å². The molecule has 2 rings (SSSR count). The summed E-state index contributed by atoms with van der Waals surface area (Å²) in [5.74, 6) is -1.30. The smallest absolute Gasteiger partial charge is 0.329 e. The molecule has 0 aliphatic carbocycles. The number of nitrogens with one attached hydrogen (secondary N) is 1. The van der Waals surface area contributed by atoms with Crippen LogP contribution in [0.25, 0.3) is 5.69 Å². The Bertz CT molecular complexity index is 681. The molecule has 1 atom stereocenters. The van der Waals surface area contributed by atoms with Gasteiger partial charge in [-0.2, -0.15) is 5.10 Å². The lowest BCUT2D eigenvalue weighted by Gasteiger charge is -2.24. The number of carboxylic acids is 1. The minimum Gasteiger partial charge on any atom is -0.480 e. The molecule has 0 radical (unpaired) electrons. The molecule has 0 aliphatic heterocycles. The Hall–Kier alpha value is -2.63. The Balaban J connectivity index is 1.93. The average Bonchev–Trinajstić information content (AvgIpc) is 3.02. The summed E-state index contributed by atoms with van der Waals surface area (Å²) in [6.45, 7) is 3.25. The van der Waals surface area contributed by atoms with Crippen LogP contribution in [0.1, 0.15) is 32.3 Å². The summed E-state index contributed by atoms with van der Waals surface area (Å²) in [5.41, 5.74) is 0.663. The predicted octanol–water partition coefficient (Wildman–Crippen LogP) is 2.17. The first-order chi connectivity index (χ1) is 10.9. The number of nitrogens with zero attached hydrogens (tertiary/aromatic N) is 2. The third-order valence-electron chi connectivity index (χ3n) is 3.89. The zero-order valence-corrected chi connectivity index (χ0v) is 13.3. The van der Waals surface area contributed by atoms with Gasteiger partial charge in [-0.1, -0.05) is 25.1 Å². The van der Waals surface area contributed by atoms with Crippen molar-refractivity contribution in [1.29, 1.82) is 0 Å². The number of hydrogen-bond acceptors (Lipinski definition) is 3. The van der Waals surface area contributed by atoms with Crippen LogP contribution in [0.4, 0.5) is 0 Å². The molecule has 1 aromatic heterocycles. The Labute approximate surface area is 135 Å². The van der Waals surface area contributed by atoms with E-state index in [1.54, 1.807) is 17.8 Å². The monoisotopic (exact) mass is 315 g/mol. The summed E-state index contributed by atoms with van der Waals surface area (Å²) in [4.78, 5) is 23.2. The zero-order chi connectivity index (χ0) is 16.9. The van der Waals surface area contributed by atoms with Gasteiger partial charge in [-0.05, 0) is 37.5 Å². The minimum absolute atomic E-state index is 0.226. The molecule has 1 amide bonds. The first-order valence-corrected chi connectivity index (χ1v) is 7.58. The van der Waals surface area contributed by atoms with Gasteiger partial charge in [0.05, 0.1) is 11.9 Å². The van der Waals surface area contributed by atoms with Gasteiger partial charge < -0.3 is 10.4 Å². The maximum atomic E-state index is 12.0. The number of carboxylic acid groups (broad SMARTS) is 1. The largest absolute Gasteiger partial charge is 0.480 e. The van der Waals surface area contributed by atoms with Crippen LogP contribution in [0, 0.1) is 0 Å². The first kappa shape index (κ1) is 16.7. The second-order valence-corrected chi connectivity index (χ2v) is 5.67. The summed E-state index contributed by atoms with van der Waals surface area (Å²) in [5, 5.41) is 16.0. The van der Waals surface area contributed by atoms with Gasteiger partial charge in [-0.15, -0.1) is 0 Å². The SMILES string of the molecule is CCC(C)(NC(=O)CCc1cnn(-c2ccccc2)c1)C(=O)O. The van der Waals surface area contributed by atoms with Crippen LogP contribution in [-0.2, 0) is 16.0 Å². The maximum Gasteiger partial charge on any atom is 0.329 e. The number of rotatable bonds is 7. The van der Waals surface area contributed by atoms with E-state index in [2.05, 4.69) is 10.4 Å². The van der Waals surface area contributed by atoms with Crippen LogP contribution in [0.2, 0.25) is 0 Å². The van der Waals surface area contributed by atoms with E-state index < -0.39 is 11.5 Å². The molecule has 6 nitrogen and oxygen atoms in total. The van der Waals surface area contributed by atoms with Crippen molar-refractivity contribution in [3.8, 4) is 5.69 Å². The number of carbonyl (C=O) groups excluding carboxylic acids is 1. The summed E-state index contributed by atoms with van der Waals surface area (Å²) in [6, 6.07) is 9.70. The number of para-hydroxylation sites is 1. The number of carbonyl (C=O) groups is 2. The quantitative estimate of drug-likeness (QED) is 0.820. The molecule has 1 aromatic carbocycles. The van der Waals surface area contributed by atoms with Crippen molar-refractivity contribution in [2.45, 2.75) is 38.6 Å². The molecule has 0 fully saturated rings. The average molecular weight is 315 g/mol. The Morgan fingerprint density at radius 1 is 1.30 bits per heavy atom. The molecule has 1 unspecified atom stereocenters. The molecule has 23 heavy (non-hydrogen) atoms. The Kier molecular flexibility index (Phi) is 5.16. The second kappa shape index (κ2) is 7.09. The fourth-order valence-electron chi connectivity index (χ4n) is 2.13. The lowest BCUT2D eigenvalue weighted by molar-refractivity contribution is -0.147. The second-order valence-electron chi connectivity index (χ2n) is 5.67. The highest BCUT2D eigenvalue weighted by atomic mass is 16.4. The first-order valence-electron chi connectivity index (χ1n) is 7.58. The minimum atomic E-state index is -1.22. The number of amides is 1. The molecule has 2 aromatic rings. The Morgan fingerprint density at radius 2 is 2.00 bits per heavy atom. The molecule has 2 N–H and O–H groups in total. The van der Waals surface area contributed by atoms with Crippen molar-refractivity contribution in [1.82, 2.24) is 15.1 Å². The van der Waals surface area contributed by atoms with E-state index in [1.165, 1.54) is 6.92 Å². The van der Waals surface area contributed by atoms with Crippen LogP contribution in [0.3, 0.4) is 0 Å². The van der Waals surface area contributed by atoms with Gasteiger partial charge in [-0.3, -0.25) is 4.79 Å². The number of aliphatic carboxylic acids is 1. The summed E-state index contributed by atoms with van der Waals surface area (Å²) in [6.07, 6.45) is 4.66. The van der Waals surface area contributed by atoms with Crippen molar-refractivity contribution >= 4 is 11.9 Å². The highest BCUT2D eigenvalue weighted by molar-refractivity contribution is 5.86. The molecule has 0 aliphatic rings. The fraction of sp³-hybridized carbons (Fsp3) is 0.353. The molecule has 0 saturated heterocycles. The van der Waals surface area contributed by atoms with Crippen LogP contribution in [0.15, 0.2) is 42.7 Å². The molecular weight excluding hydrogens is 294 g/mol. The van der Waals surface area contributed by atoms with E-state index in [-0.39, 0.29) is 12.3 Å². The molecule has 6 heteroatoms. The van der Waals surface area contributed by atoms with Crippen LogP contribution < -0.4 is 5.32 Å². The maximum absolute atomic E-state index is 12.0. The van der Waals surface area contributed by atoms with E-state index in [4.69, 9.17) is 5.11 Å². The van der Waals surface area contributed by atoms with Gasteiger partial charge in [0.25, 0.3) is 0 Å². The van der Waals surface area contributed by atoms with E-state index in [9.17, 15) is 9.59 Å². The topological polar surface area (TPSA) is 84.2 Å². The Morgan fingerprint density at radius 3 is 2.61 bits per heavy atom. The van der Waals surface area contributed by atoms with Crippen molar-refractivity contribution in [2.75, 3.05) is 0 Å². The molecule has 122 valence electrons. The van der Waals surface area contributed by atoms with Gasteiger partial charge in [0.1, 0.15) is 5.54 Å². The molecule has 1 heterocycles. The van der Waals surface area contributed by atoms with Crippen molar-refractivity contribution in [2.24, 2.45) is 0 Å². The van der Waals surface area contributed by atoms with Gasteiger partial charge in [-0.25, -0.2) is 9.48 Å². The summed E-state index contributed by atoms with van der Waals surface area (Å²) >= 11 is 0. The van der Waals surface area contributed by atoms with Crippen LogP contribution >= 0.6 is 0 Å². The number of benzene rings is 1. The zero-order valence-electron chi connectivity index (χ0n) is 13.3.